The number of nitrogens with zero attached hydrogens (tertiary/aromatic N) is 2. The summed E-state index contributed by atoms with van der Waals surface area (Å²) in [6.07, 6.45) is 3.00. The number of imidazole rings is 1. The maximum atomic E-state index is 13.2. The molecule has 0 atom stereocenters. The third-order valence-corrected chi connectivity index (χ3v) is 3.25. The van der Waals surface area contributed by atoms with E-state index in [2.05, 4.69) is 4.98 Å². The minimum atomic E-state index is -0.615. The lowest BCUT2D eigenvalue weighted by molar-refractivity contribution is 0.527. The molecule has 1 aliphatic heterocycles. The van der Waals surface area contributed by atoms with Gasteiger partial charge in [-0.2, -0.15) is 0 Å². The average Bonchev–Trinajstić information content (AvgIpc) is 2.66. The largest absolute Gasteiger partial charge is 0.383 e. The van der Waals surface area contributed by atoms with E-state index in [-0.39, 0.29) is 0 Å². The summed E-state index contributed by atoms with van der Waals surface area (Å²) in [4.78, 5) is 4.41. The molecule has 5 heteroatoms. The van der Waals surface area contributed by atoms with Crippen molar-refractivity contribution < 1.29 is 8.78 Å². The summed E-state index contributed by atoms with van der Waals surface area (Å²) in [5.74, 6) is 0.166. The Balaban J connectivity index is 2.14. The molecule has 2 heterocycles. The zero-order valence-electron chi connectivity index (χ0n) is 9.79. The first-order valence-electron chi connectivity index (χ1n) is 5.96. The number of nitrogens with two attached hydrogens (primary N) is 1. The highest BCUT2D eigenvalue weighted by atomic mass is 19.1. The van der Waals surface area contributed by atoms with Gasteiger partial charge in [0.1, 0.15) is 29.0 Å². The van der Waals surface area contributed by atoms with Crippen molar-refractivity contribution in [2.45, 2.75) is 25.8 Å². The molecule has 0 bridgehead atoms. The van der Waals surface area contributed by atoms with Crippen molar-refractivity contribution in [2.75, 3.05) is 5.73 Å². The number of fused-ring (bicyclic) bond motifs is 1. The standard InChI is InChI=1S/C13H13F2N3/c14-9-5-8(6-10(15)7-9)12-13(16)18-4-2-1-3-11(18)17-12/h5-7H,1-4,16H2. The molecular formula is C13H13F2N3. The highest BCUT2D eigenvalue weighted by Gasteiger charge is 2.19. The monoisotopic (exact) mass is 249 g/mol. The van der Waals surface area contributed by atoms with Crippen molar-refractivity contribution in [3.05, 3.63) is 35.7 Å². The third kappa shape index (κ3) is 1.75. The zero-order chi connectivity index (χ0) is 12.7. The Kier molecular flexibility index (Phi) is 2.54. The van der Waals surface area contributed by atoms with Crippen LogP contribution in [-0.2, 0) is 13.0 Å². The number of aryl methyl sites for hydroxylation is 1. The lowest BCUT2D eigenvalue weighted by atomic mass is 10.1. The topological polar surface area (TPSA) is 43.8 Å². The summed E-state index contributed by atoms with van der Waals surface area (Å²) in [5, 5.41) is 0. The van der Waals surface area contributed by atoms with E-state index in [0.29, 0.717) is 17.1 Å². The maximum absolute atomic E-state index is 13.2. The average molecular weight is 249 g/mol. The van der Waals surface area contributed by atoms with Crippen LogP contribution in [0.15, 0.2) is 18.2 Å². The minimum absolute atomic E-state index is 0.395. The number of rotatable bonds is 1. The Morgan fingerprint density at radius 1 is 1.11 bits per heavy atom. The third-order valence-electron chi connectivity index (χ3n) is 3.25. The Bertz CT molecular complexity index is 584. The van der Waals surface area contributed by atoms with Crippen LogP contribution in [0.4, 0.5) is 14.6 Å². The molecule has 94 valence electrons. The van der Waals surface area contributed by atoms with E-state index in [9.17, 15) is 8.78 Å². The Morgan fingerprint density at radius 3 is 2.50 bits per heavy atom. The number of benzene rings is 1. The zero-order valence-corrected chi connectivity index (χ0v) is 9.79. The van der Waals surface area contributed by atoms with Crippen LogP contribution >= 0.6 is 0 Å². The van der Waals surface area contributed by atoms with Gasteiger partial charge < -0.3 is 10.3 Å². The fraction of sp³-hybridized carbons (Fsp3) is 0.308. The highest BCUT2D eigenvalue weighted by Crippen LogP contribution is 2.30. The molecule has 3 rings (SSSR count). The first kappa shape index (κ1) is 11.2. The van der Waals surface area contributed by atoms with E-state index in [1.54, 1.807) is 0 Å². The molecule has 1 aromatic carbocycles. The lowest BCUT2D eigenvalue weighted by Crippen LogP contribution is -2.12. The van der Waals surface area contributed by atoms with E-state index >= 15 is 0 Å². The predicted octanol–water partition coefficient (Wildman–Crippen LogP) is 2.75. The Labute approximate surface area is 103 Å². The van der Waals surface area contributed by atoms with Crippen molar-refractivity contribution in [3.63, 3.8) is 0 Å². The van der Waals surface area contributed by atoms with Gasteiger partial charge in [-0.25, -0.2) is 13.8 Å². The summed E-state index contributed by atoms with van der Waals surface area (Å²) in [6.45, 7) is 0.825. The number of nitrogen functional groups attached to an aromatic ring is 1. The second-order valence-electron chi connectivity index (χ2n) is 4.53. The van der Waals surface area contributed by atoms with Crippen LogP contribution in [0.1, 0.15) is 18.7 Å². The molecule has 1 aromatic heterocycles. The van der Waals surface area contributed by atoms with Gasteiger partial charge in [-0.1, -0.05) is 0 Å². The van der Waals surface area contributed by atoms with Gasteiger partial charge in [-0.15, -0.1) is 0 Å². The summed E-state index contributed by atoms with van der Waals surface area (Å²) >= 11 is 0. The van der Waals surface area contributed by atoms with Crippen molar-refractivity contribution >= 4 is 5.82 Å². The molecule has 0 amide bonds. The summed E-state index contributed by atoms with van der Waals surface area (Å²) < 4.78 is 28.4. The highest BCUT2D eigenvalue weighted by molar-refractivity contribution is 5.71. The van der Waals surface area contributed by atoms with Gasteiger partial charge in [0.25, 0.3) is 0 Å². The molecule has 0 fully saturated rings. The van der Waals surface area contributed by atoms with Crippen molar-refractivity contribution in [3.8, 4) is 11.3 Å². The molecule has 18 heavy (non-hydrogen) atoms. The fourth-order valence-corrected chi connectivity index (χ4v) is 2.41. The van der Waals surface area contributed by atoms with Crippen LogP contribution in [0.5, 0.6) is 0 Å². The first-order valence-corrected chi connectivity index (χ1v) is 5.96. The van der Waals surface area contributed by atoms with Crippen LogP contribution in [0.3, 0.4) is 0 Å². The van der Waals surface area contributed by atoms with Gasteiger partial charge in [0, 0.05) is 24.6 Å². The molecule has 0 radical (unpaired) electrons. The SMILES string of the molecule is Nc1c(-c2cc(F)cc(F)c2)nc2n1CCCC2. The predicted molar refractivity (Wildman–Crippen MR) is 64.9 cm³/mol. The van der Waals surface area contributed by atoms with Crippen molar-refractivity contribution in [1.82, 2.24) is 9.55 Å². The smallest absolute Gasteiger partial charge is 0.131 e. The van der Waals surface area contributed by atoms with Crippen molar-refractivity contribution in [2.24, 2.45) is 0 Å². The molecule has 0 saturated carbocycles. The molecule has 0 spiro atoms. The summed E-state index contributed by atoms with van der Waals surface area (Å²) in [7, 11) is 0. The number of aromatic nitrogens is 2. The number of hydrogen-bond acceptors (Lipinski definition) is 2. The second kappa shape index (κ2) is 4.08. The van der Waals surface area contributed by atoms with Gasteiger partial charge in [0.15, 0.2) is 0 Å². The molecule has 0 aliphatic carbocycles. The van der Waals surface area contributed by atoms with E-state index < -0.39 is 11.6 Å². The normalized spacial score (nSPS) is 14.6. The quantitative estimate of drug-likeness (QED) is 0.844. The van der Waals surface area contributed by atoms with Gasteiger partial charge >= 0.3 is 0 Å². The summed E-state index contributed by atoms with van der Waals surface area (Å²) in [5.41, 5.74) is 6.88. The Hall–Kier alpha value is -1.91. The second-order valence-corrected chi connectivity index (χ2v) is 4.53. The number of halogens is 2. The van der Waals surface area contributed by atoms with Gasteiger partial charge in [-0.05, 0) is 25.0 Å². The molecule has 2 N–H and O–H groups in total. The molecule has 1 aliphatic rings. The Morgan fingerprint density at radius 2 is 1.83 bits per heavy atom. The summed E-state index contributed by atoms with van der Waals surface area (Å²) in [6, 6.07) is 3.36. The van der Waals surface area contributed by atoms with E-state index in [4.69, 9.17) is 5.73 Å². The van der Waals surface area contributed by atoms with E-state index in [1.807, 2.05) is 4.57 Å². The molecule has 3 nitrogen and oxygen atoms in total. The van der Waals surface area contributed by atoms with Crippen LogP contribution in [0, 0.1) is 11.6 Å². The molecule has 2 aromatic rings. The molecule has 0 saturated heterocycles. The molecule has 0 unspecified atom stereocenters. The molecular weight excluding hydrogens is 236 g/mol. The first-order chi connectivity index (χ1) is 8.65. The van der Waals surface area contributed by atoms with Gasteiger partial charge in [-0.3, -0.25) is 0 Å². The van der Waals surface area contributed by atoms with Crippen molar-refractivity contribution in [1.29, 1.82) is 0 Å². The number of hydrogen-bond donors (Lipinski definition) is 1. The van der Waals surface area contributed by atoms with Crippen LogP contribution in [0.2, 0.25) is 0 Å². The fourth-order valence-electron chi connectivity index (χ4n) is 2.41. The van der Waals surface area contributed by atoms with Crippen LogP contribution < -0.4 is 5.73 Å². The maximum Gasteiger partial charge on any atom is 0.131 e. The van der Waals surface area contributed by atoms with Crippen LogP contribution in [0.25, 0.3) is 11.3 Å². The number of anilines is 1. The van der Waals surface area contributed by atoms with Crippen LogP contribution in [-0.4, -0.2) is 9.55 Å². The van der Waals surface area contributed by atoms with Gasteiger partial charge in [0.2, 0.25) is 0 Å². The lowest BCUT2D eigenvalue weighted by Gasteiger charge is -2.14. The minimum Gasteiger partial charge on any atom is -0.383 e. The van der Waals surface area contributed by atoms with Gasteiger partial charge in [0.05, 0.1) is 0 Å². The van der Waals surface area contributed by atoms with E-state index in [0.717, 1.165) is 37.7 Å². The van der Waals surface area contributed by atoms with E-state index in [1.165, 1.54) is 12.1 Å².